The summed E-state index contributed by atoms with van der Waals surface area (Å²) in [6, 6.07) is 0. The summed E-state index contributed by atoms with van der Waals surface area (Å²) in [5.41, 5.74) is 0. The summed E-state index contributed by atoms with van der Waals surface area (Å²) < 4.78 is 0. The van der Waals surface area contributed by atoms with Gasteiger partial charge in [-0.25, -0.2) is 0 Å². The van der Waals surface area contributed by atoms with Gasteiger partial charge in [0.05, 0.1) is 13.2 Å². The lowest BCUT2D eigenvalue weighted by molar-refractivity contribution is 0.186. The first-order valence-corrected chi connectivity index (χ1v) is 4.02. The number of aliphatic hydroxyl groups is 5. The van der Waals surface area contributed by atoms with E-state index in [0.717, 1.165) is 7.11 Å². The highest BCUT2D eigenvalue weighted by atomic mass is 16.3. The van der Waals surface area contributed by atoms with Crippen LogP contribution >= 0.6 is 0 Å². The highest BCUT2D eigenvalue weighted by molar-refractivity contribution is 4.20. The Balaban J connectivity index is -0.0000000431. The Morgan fingerprint density at radius 2 is 1.00 bits per heavy atom. The third kappa shape index (κ3) is 1770. The fraction of sp³-hybridized carbons (Fsp3) is 1.00. The first-order valence-electron chi connectivity index (χ1n) is 4.02. The first kappa shape index (κ1) is 23.0. The van der Waals surface area contributed by atoms with Crippen LogP contribution in [-0.4, -0.2) is 58.6 Å². The van der Waals surface area contributed by atoms with Gasteiger partial charge in [0.1, 0.15) is 0 Å². The van der Waals surface area contributed by atoms with Gasteiger partial charge >= 0.3 is 0 Å². The second-order valence-corrected chi connectivity index (χ2v) is 1.86. The fourth-order valence-electron chi connectivity index (χ4n) is 0. The molecule has 0 saturated carbocycles. The Morgan fingerprint density at radius 1 is 0.923 bits per heavy atom. The van der Waals surface area contributed by atoms with Crippen LogP contribution in [0.4, 0.5) is 0 Å². The molecule has 86 valence electrons. The van der Waals surface area contributed by atoms with E-state index in [4.69, 9.17) is 25.5 Å². The Bertz CT molecular complexity index is 36.8. The molecule has 0 heterocycles. The zero-order chi connectivity index (χ0) is 11.7. The monoisotopic (exact) mass is 200 g/mol. The van der Waals surface area contributed by atoms with E-state index in [1.54, 1.807) is 20.8 Å². The van der Waals surface area contributed by atoms with Crippen LogP contribution in [0.2, 0.25) is 0 Å². The number of hydrogen-bond acceptors (Lipinski definition) is 5. The van der Waals surface area contributed by atoms with E-state index >= 15 is 0 Å². The van der Waals surface area contributed by atoms with Crippen molar-refractivity contribution in [2.24, 2.45) is 0 Å². The average molecular weight is 200 g/mol. The minimum absolute atomic E-state index is 0.125. The van der Waals surface area contributed by atoms with Crippen molar-refractivity contribution < 1.29 is 25.5 Å². The summed E-state index contributed by atoms with van der Waals surface area (Å²) in [6.45, 7) is 5.12. The molecular weight excluding hydrogens is 176 g/mol. The maximum atomic E-state index is 8.06. The lowest BCUT2D eigenvalue weighted by Gasteiger charge is -1.80. The summed E-state index contributed by atoms with van der Waals surface area (Å²) in [4.78, 5) is 0. The lowest BCUT2D eigenvalue weighted by Crippen LogP contribution is -1.85. The van der Waals surface area contributed by atoms with Crippen molar-refractivity contribution >= 4 is 0 Å². The van der Waals surface area contributed by atoms with E-state index in [0.29, 0.717) is 0 Å². The molecule has 0 amide bonds. The van der Waals surface area contributed by atoms with Crippen molar-refractivity contribution in [3.8, 4) is 0 Å². The van der Waals surface area contributed by atoms with Crippen LogP contribution < -0.4 is 0 Å². The predicted octanol–water partition coefficient (Wildman–Crippen LogP) is -1.03. The van der Waals surface area contributed by atoms with Crippen molar-refractivity contribution in [3.63, 3.8) is 0 Å². The molecule has 13 heavy (non-hydrogen) atoms. The molecule has 0 atom stereocenters. The van der Waals surface area contributed by atoms with Gasteiger partial charge in [-0.05, 0) is 20.8 Å². The van der Waals surface area contributed by atoms with Crippen LogP contribution in [0.1, 0.15) is 20.8 Å². The Labute approximate surface area is 80.3 Å². The lowest BCUT2D eigenvalue weighted by atomic mass is 10.5. The first-order chi connectivity index (χ1) is 6.06. The molecule has 5 N–H and O–H groups in total. The van der Waals surface area contributed by atoms with Gasteiger partial charge in [-0.1, -0.05) is 0 Å². The molecule has 0 rings (SSSR count). The summed E-state index contributed by atoms with van der Waals surface area (Å²) in [6.07, 6.45) is -0.167. The van der Waals surface area contributed by atoms with Crippen molar-refractivity contribution in [1.82, 2.24) is 0 Å². The molecule has 0 bridgehead atoms. The largest absolute Gasteiger partial charge is 0.400 e. The molecule has 5 heteroatoms. The minimum atomic E-state index is -0.167. The normalized spacial score (nSPS) is 6.92. The maximum absolute atomic E-state index is 8.06. The molecule has 0 fully saturated rings. The molecule has 0 aromatic heterocycles. The summed E-state index contributed by atoms with van der Waals surface area (Å²) >= 11 is 0. The van der Waals surface area contributed by atoms with Gasteiger partial charge in [-0.2, -0.15) is 0 Å². The number of aliphatic hydroxyl groups excluding tert-OH is 5. The fourth-order valence-corrected chi connectivity index (χ4v) is 0. The van der Waals surface area contributed by atoms with Gasteiger partial charge in [0.2, 0.25) is 0 Å². The standard InChI is InChI=1S/C3H8O.C2H6O2.C2H6O.CH4O/c1-3(2)4;3-1-2-4;1-2-3;1-2/h3-4H,1-2H3;3-4H,1-2H2;3H,2H2,1H3;2H,1H3. The van der Waals surface area contributed by atoms with E-state index < -0.39 is 0 Å². The van der Waals surface area contributed by atoms with Crippen LogP contribution in [0.5, 0.6) is 0 Å². The van der Waals surface area contributed by atoms with Crippen LogP contribution in [-0.2, 0) is 0 Å². The minimum Gasteiger partial charge on any atom is -0.400 e. The van der Waals surface area contributed by atoms with E-state index in [-0.39, 0.29) is 25.9 Å². The average Bonchev–Trinajstić information content (AvgIpc) is 2.08. The molecule has 0 aliphatic heterocycles. The van der Waals surface area contributed by atoms with Crippen molar-refractivity contribution in [1.29, 1.82) is 0 Å². The highest BCUT2D eigenvalue weighted by Crippen LogP contribution is 1.65. The summed E-state index contributed by atoms with van der Waals surface area (Å²) in [5, 5.41) is 37.9. The van der Waals surface area contributed by atoms with E-state index in [9.17, 15) is 0 Å². The van der Waals surface area contributed by atoms with Gasteiger partial charge in [-0.15, -0.1) is 0 Å². The van der Waals surface area contributed by atoms with E-state index in [2.05, 4.69) is 0 Å². The SMILES string of the molecule is CC(C)O.CCO.CO.OCCO. The third-order valence-corrected chi connectivity index (χ3v) is 0.1000. The van der Waals surface area contributed by atoms with Gasteiger partial charge in [-0.3, -0.25) is 0 Å². The molecule has 0 saturated heterocycles. The predicted molar refractivity (Wildman–Crippen MR) is 52.4 cm³/mol. The van der Waals surface area contributed by atoms with Crippen molar-refractivity contribution in [2.45, 2.75) is 26.9 Å². The summed E-state index contributed by atoms with van der Waals surface area (Å²) in [7, 11) is 1.00. The van der Waals surface area contributed by atoms with Crippen LogP contribution in [0, 0.1) is 0 Å². The molecule has 0 radical (unpaired) electrons. The van der Waals surface area contributed by atoms with Gasteiger partial charge < -0.3 is 25.5 Å². The number of hydrogen-bond donors (Lipinski definition) is 5. The zero-order valence-corrected chi connectivity index (χ0v) is 8.93. The molecule has 0 aromatic carbocycles. The Morgan fingerprint density at radius 3 is 1.00 bits per heavy atom. The van der Waals surface area contributed by atoms with Crippen molar-refractivity contribution in [3.05, 3.63) is 0 Å². The topological polar surface area (TPSA) is 101 Å². The maximum Gasteiger partial charge on any atom is 0.0662 e. The molecule has 0 aromatic rings. The zero-order valence-electron chi connectivity index (χ0n) is 8.93. The van der Waals surface area contributed by atoms with Crippen molar-refractivity contribution in [2.75, 3.05) is 26.9 Å². The van der Waals surface area contributed by atoms with Gasteiger partial charge in [0.15, 0.2) is 0 Å². The van der Waals surface area contributed by atoms with Gasteiger partial charge in [0.25, 0.3) is 0 Å². The highest BCUT2D eigenvalue weighted by Gasteiger charge is 1.69. The third-order valence-electron chi connectivity index (χ3n) is 0.1000. The smallest absolute Gasteiger partial charge is 0.0662 e. The molecular formula is C8H24O5. The van der Waals surface area contributed by atoms with Crippen LogP contribution in [0.3, 0.4) is 0 Å². The Kier molecular flexibility index (Phi) is 72.4. The Hall–Kier alpha value is -0.200. The molecule has 0 spiro atoms. The molecule has 0 unspecified atom stereocenters. The van der Waals surface area contributed by atoms with Crippen LogP contribution in [0.25, 0.3) is 0 Å². The summed E-state index contributed by atoms with van der Waals surface area (Å²) in [5.74, 6) is 0. The van der Waals surface area contributed by atoms with E-state index in [1.807, 2.05) is 0 Å². The second-order valence-electron chi connectivity index (χ2n) is 1.86. The molecule has 0 aliphatic carbocycles. The quantitative estimate of drug-likeness (QED) is 0.372. The van der Waals surface area contributed by atoms with Crippen LogP contribution in [0.15, 0.2) is 0 Å². The molecule has 0 aliphatic rings. The number of rotatable bonds is 1. The van der Waals surface area contributed by atoms with E-state index in [1.165, 1.54) is 0 Å². The second kappa shape index (κ2) is 40.9. The van der Waals surface area contributed by atoms with Gasteiger partial charge in [0, 0.05) is 19.8 Å². The molecule has 5 nitrogen and oxygen atoms in total.